The standard InChI is InChI=1S/C14H8ClFN4S/c15-10-3-1-4-11(16)9(10)8-20-14(12(7-17)18-19-20)13-5-2-6-21-13/h1-6H,8H2. The van der Waals surface area contributed by atoms with Crippen molar-refractivity contribution in [3.05, 3.63) is 57.8 Å². The molecule has 0 fully saturated rings. The maximum atomic E-state index is 13.9. The Labute approximate surface area is 129 Å². The zero-order valence-corrected chi connectivity index (χ0v) is 12.2. The molecule has 0 bridgehead atoms. The van der Waals surface area contributed by atoms with E-state index in [0.717, 1.165) is 4.88 Å². The van der Waals surface area contributed by atoms with Gasteiger partial charge < -0.3 is 0 Å². The molecule has 2 heterocycles. The molecular weight excluding hydrogens is 311 g/mol. The first-order valence-corrected chi connectivity index (χ1v) is 7.27. The fraction of sp³-hybridized carbons (Fsp3) is 0.0714. The first-order valence-electron chi connectivity index (χ1n) is 6.01. The Morgan fingerprint density at radius 1 is 1.33 bits per heavy atom. The van der Waals surface area contributed by atoms with Crippen LogP contribution in [0.4, 0.5) is 4.39 Å². The summed E-state index contributed by atoms with van der Waals surface area (Å²) in [5, 5.41) is 19.1. The molecule has 4 nitrogen and oxygen atoms in total. The highest BCUT2D eigenvalue weighted by molar-refractivity contribution is 7.13. The van der Waals surface area contributed by atoms with E-state index < -0.39 is 5.82 Å². The van der Waals surface area contributed by atoms with Crippen LogP contribution < -0.4 is 0 Å². The largest absolute Gasteiger partial charge is 0.238 e. The molecule has 0 atom stereocenters. The van der Waals surface area contributed by atoms with Gasteiger partial charge in [-0.3, -0.25) is 0 Å². The van der Waals surface area contributed by atoms with Crippen molar-refractivity contribution < 1.29 is 4.39 Å². The molecule has 0 unspecified atom stereocenters. The smallest absolute Gasteiger partial charge is 0.191 e. The zero-order valence-electron chi connectivity index (χ0n) is 10.6. The quantitative estimate of drug-likeness (QED) is 0.739. The minimum absolute atomic E-state index is 0.118. The molecule has 0 saturated heterocycles. The first kappa shape index (κ1) is 13.7. The average Bonchev–Trinajstić information content (AvgIpc) is 3.11. The molecule has 0 aliphatic heterocycles. The minimum atomic E-state index is -0.409. The molecule has 21 heavy (non-hydrogen) atoms. The Kier molecular flexibility index (Phi) is 3.69. The third-order valence-electron chi connectivity index (χ3n) is 2.97. The average molecular weight is 319 g/mol. The zero-order chi connectivity index (χ0) is 14.8. The summed E-state index contributed by atoms with van der Waals surface area (Å²) in [5.41, 5.74) is 1.11. The van der Waals surface area contributed by atoms with Crippen molar-refractivity contribution in [1.82, 2.24) is 15.0 Å². The highest BCUT2D eigenvalue weighted by atomic mass is 35.5. The third-order valence-corrected chi connectivity index (χ3v) is 4.20. The summed E-state index contributed by atoms with van der Waals surface area (Å²) in [6, 6.07) is 10.2. The lowest BCUT2D eigenvalue weighted by molar-refractivity contribution is 0.579. The normalized spacial score (nSPS) is 10.5. The molecule has 0 radical (unpaired) electrons. The van der Waals surface area contributed by atoms with Crippen LogP contribution in [0.25, 0.3) is 10.6 Å². The molecule has 0 N–H and O–H groups in total. The molecule has 0 aliphatic rings. The second-order valence-corrected chi connectivity index (χ2v) is 5.59. The number of nitrogens with zero attached hydrogens (tertiary/aromatic N) is 4. The number of hydrogen-bond donors (Lipinski definition) is 0. The van der Waals surface area contributed by atoms with Crippen LogP contribution in [0.5, 0.6) is 0 Å². The topological polar surface area (TPSA) is 54.5 Å². The van der Waals surface area contributed by atoms with E-state index in [1.165, 1.54) is 22.1 Å². The summed E-state index contributed by atoms with van der Waals surface area (Å²) in [6.07, 6.45) is 0. The van der Waals surface area contributed by atoms with Gasteiger partial charge >= 0.3 is 0 Å². The van der Waals surface area contributed by atoms with Gasteiger partial charge in [0.25, 0.3) is 0 Å². The van der Waals surface area contributed by atoms with E-state index in [9.17, 15) is 4.39 Å². The van der Waals surface area contributed by atoms with Gasteiger partial charge in [-0.25, -0.2) is 9.07 Å². The predicted octanol–water partition coefficient (Wildman–Crippen LogP) is 3.72. The van der Waals surface area contributed by atoms with Crippen LogP contribution in [0.3, 0.4) is 0 Å². The molecule has 0 amide bonds. The van der Waals surface area contributed by atoms with Crippen LogP contribution in [0.15, 0.2) is 35.7 Å². The van der Waals surface area contributed by atoms with Crippen molar-refractivity contribution >= 4 is 22.9 Å². The number of nitriles is 1. The third kappa shape index (κ3) is 2.53. The Bertz CT molecular complexity index is 800. The van der Waals surface area contributed by atoms with Crippen LogP contribution in [-0.4, -0.2) is 15.0 Å². The fourth-order valence-electron chi connectivity index (χ4n) is 1.99. The molecule has 0 saturated carbocycles. The molecule has 3 rings (SSSR count). The molecule has 0 spiro atoms. The lowest BCUT2D eigenvalue weighted by Gasteiger charge is -2.08. The molecule has 3 aromatic rings. The van der Waals surface area contributed by atoms with Gasteiger partial charge in [0.15, 0.2) is 5.69 Å². The second-order valence-electron chi connectivity index (χ2n) is 4.23. The van der Waals surface area contributed by atoms with E-state index in [1.54, 1.807) is 12.1 Å². The van der Waals surface area contributed by atoms with E-state index in [2.05, 4.69) is 10.3 Å². The Hall–Kier alpha value is -2.23. The van der Waals surface area contributed by atoms with Gasteiger partial charge in [-0.15, -0.1) is 16.4 Å². The highest BCUT2D eigenvalue weighted by Gasteiger charge is 2.18. The van der Waals surface area contributed by atoms with Gasteiger partial charge in [0.1, 0.15) is 17.6 Å². The minimum Gasteiger partial charge on any atom is -0.238 e. The lowest BCUT2D eigenvalue weighted by atomic mass is 10.2. The number of aromatic nitrogens is 3. The number of halogens is 2. The summed E-state index contributed by atoms with van der Waals surface area (Å²) in [6.45, 7) is 0.118. The van der Waals surface area contributed by atoms with Crippen molar-refractivity contribution in [3.8, 4) is 16.6 Å². The van der Waals surface area contributed by atoms with Gasteiger partial charge in [0.05, 0.1) is 11.4 Å². The van der Waals surface area contributed by atoms with Crippen molar-refractivity contribution in [2.75, 3.05) is 0 Å². The Balaban J connectivity index is 2.09. The number of rotatable bonds is 3. The second kappa shape index (κ2) is 5.64. The van der Waals surface area contributed by atoms with Crippen LogP contribution in [-0.2, 0) is 6.54 Å². The van der Waals surface area contributed by atoms with Gasteiger partial charge in [0, 0.05) is 10.6 Å². The molecule has 0 aliphatic carbocycles. The van der Waals surface area contributed by atoms with Crippen LogP contribution >= 0.6 is 22.9 Å². The van der Waals surface area contributed by atoms with Crippen LogP contribution in [0, 0.1) is 17.1 Å². The maximum Gasteiger partial charge on any atom is 0.191 e. The molecule has 1 aromatic carbocycles. The summed E-state index contributed by atoms with van der Waals surface area (Å²) in [5.74, 6) is -0.409. The Morgan fingerprint density at radius 2 is 2.19 bits per heavy atom. The van der Waals surface area contributed by atoms with Gasteiger partial charge in [0.2, 0.25) is 0 Å². The van der Waals surface area contributed by atoms with Gasteiger partial charge in [-0.1, -0.05) is 28.9 Å². The van der Waals surface area contributed by atoms with E-state index >= 15 is 0 Å². The highest BCUT2D eigenvalue weighted by Crippen LogP contribution is 2.28. The van der Waals surface area contributed by atoms with Crippen molar-refractivity contribution in [2.24, 2.45) is 0 Å². The molecule has 7 heteroatoms. The summed E-state index contributed by atoms with van der Waals surface area (Å²) in [7, 11) is 0. The molecule has 2 aromatic heterocycles. The van der Waals surface area contributed by atoms with E-state index in [4.69, 9.17) is 16.9 Å². The van der Waals surface area contributed by atoms with Gasteiger partial charge in [-0.05, 0) is 23.6 Å². The SMILES string of the molecule is N#Cc1nnn(Cc2c(F)cccc2Cl)c1-c1cccs1. The maximum absolute atomic E-state index is 13.9. The van der Waals surface area contributed by atoms with E-state index in [0.29, 0.717) is 16.3 Å². The van der Waals surface area contributed by atoms with Crippen molar-refractivity contribution in [1.29, 1.82) is 5.26 Å². The predicted molar refractivity (Wildman–Crippen MR) is 78.6 cm³/mol. The lowest BCUT2D eigenvalue weighted by Crippen LogP contribution is -2.06. The Morgan fingerprint density at radius 3 is 2.86 bits per heavy atom. The molecular formula is C14H8ClFN4S. The van der Waals surface area contributed by atoms with Crippen molar-refractivity contribution in [2.45, 2.75) is 6.54 Å². The number of benzene rings is 1. The summed E-state index contributed by atoms with van der Waals surface area (Å²) >= 11 is 7.50. The van der Waals surface area contributed by atoms with Crippen molar-refractivity contribution in [3.63, 3.8) is 0 Å². The van der Waals surface area contributed by atoms with Crippen LogP contribution in [0.2, 0.25) is 5.02 Å². The molecule has 104 valence electrons. The fourth-order valence-corrected chi connectivity index (χ4v) is 2.99. The monoisotopic (exact) mass is 318 g/mol. The first-order chi connectivity index (χ1) is 10.2. The van der Waals surface area contributed by atoms with Gasteiger partial charge in [-0.2, -0.15) is 5.26 Å². The summed E-state index contributed by atoms with van der Waals surface area (Å²) in [4.78, 5) is 0.851. The van der Waals surface area contributed by atoms with E-state index in [1.807, 2.05) is 23.6 Å². The van der Waals surface area contributed by atoms with E-state index in [-0.39, 0.29) is 12.2 Å². The summed E-state index contributed by atoms with van der Waals surface area (Å²) < 4.78 is 15.4. The number of hydrogen-bond acceptors (Lipinski definition) is 4. The number of thiophene rings is 1. The van der Waals surface area contributed by atoms with Crippen LogP contribution in [0.1, 0.15) is 11.3 Å².